The summed E-state index contributed by atoms with van der Waals surface area (Å²) in [6.45, 7) is 25.1. The molecule has 0 unspecified atom stereocenters. The van der Waals surface area contributed by atoms with Gasteiger partial charge in [-0.05, 0) is 143 Å². The topological polar surface area (TPSA) is 72.5 Å². The van der Waals surface area contributed by atoms with Gasteiger partial charge in [-0.25, -0.2) is 4.79 Å². The van der Waals surface area contributed by atoms with Crippen LogP contribution in [0.4, 0.5) is 0 Å². The second-order valence-electron chi connectivity index (χ2n) is 20.6. The monoisotopic (exact) mass is 839 g/mol. The SMILES string of the molecule is CCCCCC[C@@H](CCC[C@@H](O[Si](C)(C)C)[C@H]1CC[C@H]([C@H]2CC[C@H]([C@@H](CCCCCCCCCCCCC3=C[C@H](C)OC3=O)O[Si](C)(C)C)O2)O1)O[Si](C)(C)C. The molecule has 3 aliphatic rings. The number of hydrogen-bond donors (Lipinski definition) is 0. The highest BCUT2D eigenvalue weighted by molar-refractivity contribution is 6.70. The number of unbranched alkanes of at least 4 members (excludes halogenated alkanes) is 12. The molecule has 0 saturated carbocycles. The van der Waals surface area contributed by atoms with Crippen LogP contribution in [0, 0.1) is 0 Å². The molecule has 328 valence electrons. The molecule has 0 spiro atoms. The minimum atomic E-state index is -1.74. The Bertz CT molecular complexity index is 1110. The Morgan fingerprint density at radius 3 is 1.46 bits per heavy atom. The van der Waals surface area contributed by atoms with Gasteiger partial charge >= 0.3 is 5.97 Å². The molecule has 10 heteroatoms. The van der Waals surface area contributed by atoms with Gasteiger partial charge in [-0.3, -0.25) is 0 Å². The lowest BCUT2D eigenvalue weighted by Gasteiger charge is -2.33. The predicted octanol–water partition coefficient (Wildman–Crippen LogP) is 13.4. The number of esters is 1. The maximum Gasteiger partial charge on any atom is 0.334 e. The first-order chi connectivity index (χ1) is 26.4. The van der Waals surface area contributed by atoms with Crippen molar-refractivity contribution < 1.29 is 32.3 Å². The number of carbonyl (C=O) groups excluding carboxylic acids is 1. The number of cyclic esters (lactones) is 1. The van der Waals surface area contributed by atoms with Gasteiger partial charge in [0.25, 0.3) is 0 Å². The molecule has 0 N–H and O–H groups in total. The summed E-state index contributed by atoms with van der Waals surface area (Å²) in [7, 11) is -5.03. The smallest absolute Gasteiger partial charge is 0.334 e. The quantitative estimate of drug-likeness (QED) is 0.0391. The van der Waals surface area contributed by atoms with Crippen molar-refractivity contribution in [3.63, 3.8) is 0 Å². The van der Waals surface area contributed by atoms with E-state index in [1.165, 1.54) is 89.9 Å². The lowest BCUT2D eigenvalue weighted by Crippen LogP contribution is -2.41. The van der Waals surface area contributed by atoms with Gasteiger partial charge in [0, 0.05) is 11.7 Å². The third-order valence-corrected chi connectivity index (χ3v) is 14.6. The fraction of sp³-hybridized carbons (Fsp3) is 0.935. The van der Waals surface area contributed by atoms with Crippen molar-refractivity contribution in [2.45, 2.75) is 276 Å². The highest BCUT2D eigenvalue weighted by Gasteiger charge is 2.43. The van der Waals surface area contributed by atoms with E-state index < -0.39 is 25.0 Å². The molecule has 3 rings (SSSR count). The molecule has 0 bridgehead atoms. The molecule has 0 aromatic rings. The van der Waals surface area contributed by atoms with Crippen LogP contribution in [-0.4, -0.2) is 79.8 Å². The second-order valence-corrected chi connectivity index (χ2v) is 34.0. The fourth-order valence-corrected chi connectivity index (χ4v) is 12.6. The van der Waals surface area contributed by atoms with Crippen molar-refractivity contribution in [3.8, 4) is 0 Å². The van der Waals surface area contributed by atoms with E-state index in [2.05, 4.69) is 65.8 Å². The van der Waals surface area contributed by atoms with E-state index in [4.69, 9.17) is 27.5 Å². The lowest BCUT2D eigenvalue weighted by molar-refractivity contribution is -0.139. The van der Waals surface area contributed by atoms with Crippen LogP contribution in [0.15, 0.2) is 11.6 Å². The molecule has 56 heavy (non-hydrogen) atoms. The first-order valence-electron chi connectivity index (χ1n) is 23.7. The minimum Gasteiger partial charge on any atom is -0.455 e. The molecular formula is C46H90O7Si3. The van der Waals surface area contributed by atoms with Crippen LogP contribution in [-0.2, 0) is 32.3 Å². The normalized spacial score (nSPS) is 25.1. The molecule has 0 aliphatic carbocycles. The summed E-state index contributed by atoms with van der Waals surface area (Å²) in [6.07, 6.45) is 32.0. The minimum absolute atomic E-state index is 0.0431. The number of rotatable bonds is 31. The van der Waals surface area contributed by atoms with Crippen LogP contribution in [0.3, 0.4) is 0 Å². The Kier molecular flexibility index (Phi) is 22.7. The summed E-state index contributed by atoms with van der Waals surface area (Å²) in [6, 6.07) is 0. The first-order valence-corrected chi connectivity index (χ1v) is 33.9. The van der Waals surface area contributed by atoms with Crippen LogP contribution >= 0.6 is 0 Å². The van der Waals surface area contributed by atoms with E-state index in [1.54, 1.807) is 0 Å². The van der Waals surface area contributed by atoms with Crippen LogP contribution in [0.5, 0.6) is 0 Å². The zero-order valence-corrected chi connectivity index (χ0v) is 41.5. The van der Waals surface area contributed by atoms with Crippen molar-refractivity contribution in [1.82, 2.24) is 0 Å². The Balaban J connectivity index is 1.38. The van der Waals surface area contributed by atoms with Crippen LogP contribution in [0.1, 0.15) is 168 Å². The maximum atomic E-state index is 11.8. The average Bonchev–Trinajstić information content (AvgIpc) is 3.84. The van der Waals surface area contributed by atoms with E-state index in [9.17, 15) is 4.79 Å². The van der Waals surface area contributed by atoms with Crippen molar-refractivity contribution in [1.29, 1.82) is 0 Å². The van der Waals surface area contributed by atoms with E-state index in [0.717, 1.165) is 69.8 Å². The van der Waals surface area contributed by atoms with Crippen LogP contribution < -0.4 is 0 Å². The Labute approximate surface area is 349 Å². The van der Waals surface area contributed by atoms with Crippen molar-refractivity contribution in [2.75, 3.05) is 0 Å². The zero-order valence-electron chi connectivity index (χ0n) is 38.5. The molecule has 2 fully saturated rings. The summed E-state index contributed by atoms with van der Waals surface area (Å²) in [5.74, 6) is -0.105. The zero-order chi connectivity index (χ0) is 41.2. The molecule has 0 aromatic carbocycles. The molecular weight excluding hydrogens is 749 g/mol. The fourth-order valence-electron chi connectivity index (χ4n) is 9.02. The van der Waals surface area contributed by atoms with Gasteiger partial charge in [0.05, 0.1) is 36.6 Å². The van der Waals surface area contributed by atoms with E-state index in [-0.39, 0.29) is 48.7 Å². The molecule has 8 atom stereocenters. The first kappa shape index (κ1) is 50.0. The Morgan fingerprint density at radius 1 is 0.571 bits per heavy atom. The summed E-state index contributed by atoms with van der Waals surface area (Å²) in [4.78, 5) is 11.8. The molecule has 0 radical (unpaired) electrons. The Hall–Kier alpha value is -0.339. The maximum absolute atomic E-state index is 11.8. The summed E-state index contributed by atoms with van der Waals surface area (Å²) in [5, 5.41) is 0. The highest BCUT2D eigenvalue weighted by atomic mass is 28.4. The van der Waals surface area contributed by atoms with Crippen LogP contribution in [0.2, 0.25) is 58.9 Å². The van der Waals surface area contributed by atoms with E-state index in [1.807, 2.05) is 13.0 Å². The summed E-state index contributed by atoms with van der Waals surface area (Å²) < 4.78 is 39.4. The van der Waals surface area contributed by atoms with Gasteiger partial charge in [0.2, 0.25) is 0 Å². The van der Waals surface area contributed by atoms with Gasteiger partial charge in [-0.2, -0.15) is 0 Å². The molecule has 2 saturated heterocycles. The molecule has 3 heterocycles. The third-order valence-electron chi connectivity index (χ3n) is 11.5. The van der Waals surface area contributed by atoms with Crippen LogP contribution in [0.25, 0.3) is 0 Å². The average molecular weight is 839 g/mol. The number of ether oxygens (including phenoxy) is 3. The van der Waals surface area contributed by atoms with E-state index >= 15 is 0 Å². The number of carbonyl (C=O) groups is 1. The van der Waals surface area contributed by atoms with Crippen molar-refractivity contribution >= 4 is 30.9 Å². The molecule has 7 nitrogen and oxygen atoms in total. The van der Waals surface area contributed by atoms with Gasteiger partial charge in [-0.15, -0.1) is 0 Å². The lowest BCUT2D eigenvalue weighted by atomic mass is 9.99. The van der Waals surface area contributed by atoms with Gasteiger partial charge in [0.15, 0.2) is 25.0 Å². The van der Waals surface area contributed by atoms with Gasteiger partial charge in [-0.1, -0.05) is 90.4 Å². The molecule has 0 amide bonds. The number of hydrogen-bond acceptors (Lipinski definition) is 7. The van der Waals surface area contributed by atoms with Crippen molar-refractivity contribution in [2.24, 2.45) is 0 Å². The summed E-state index contributed by atoms with van der Waals surface area (Å²) in [5.41, 5.74) is 0.883. The highest BCUT2D eigenvalue weighted by Crippen LogP contribution is 2.37. The Morgan fingerprint density at radius 2 is 1.00 bits per heavy atom. The molecule has 0 aromatic heterocycles. The van der Waals surface area contributed by atoms with Gasteiger partial charge in [0.1, 0.15) is 6.10 Å². The largest absolute Gasteiger partial charge is 0.455 e. The molecule has 3 aliphatic heterocycles. The second kappa shape index (κ2) is 25.4. The van der Waals surface area contributed by atoms with E-state index in [0.29, 0.717) is 6.10 Å². The standard InChI is InChI=1S/C46H90O7Si3/c1-12-13-14-24-28-39(51-54(3,4)5)29-26-31-45(53-56(9,10)11)43-35-33-41(50-43)40-32-34-42(49-40)44(52-55(6,7)8)30-25-22-20-18-16-15-17-19-21-23-27-38-36-37(2)48-46(38)47/h36-37,39-45H,12-35H2,1-11H3/t37-,39-,40+,41+,42+,43+,44+,45+/m0/s1. The van der Waals surface area contributed by atoms with Crippen molar-refractivity contribution in [3.05, 3.63) is 11.6 Å². The summed E-state index contributed by atoms with van der Waals surface area (Å²) >= 11 is 0. The predicted molar refractivity (Wildman–Crippen MR) is 242 cm³/mol. The third kappa shape index (κ3) is 21.3. The van der Waals surface area contributed by atoms with Gasteiger partial charge < -0.3 is 27.5 Å².